The maximum Gasteiger partial charge on any atom is 0.187 e. The molecule has 0 saturated heterocycles. The van der Waals surface area contributed by atoms with E-state index in [0.29, 0.717) is 5.49 Å². The summed E-state index contributed by atoms with van der Waals surface area (Å²) in [6.45, 7) is 1.86. The van der Waals surface area contributed by atoms with Crippen LogP contribution in [-0.2, 0) is 0 Å². The third-order valence-corrected chi connectivity index (χ3v) is 2.17. The molecule has 0 aliphatic carbocycles. The molecule has 0 fully saturated rings. The van der Waals surface area contributed by atoms with Crippen molar-refractivity contribution < 1.29 is 5.21 Å². The standard InChI is InChI=1S/C6H8BrN3O/c1-4-3-10(11)6(9-8)2-5(4)7/h2-3,11H,8H2,1H3. The predicted octanol–water partition coefficient (Wildman–Crippen LogP) is 0.571. The molecule has 0 aromatic carbocycles. The summed E-state index contributed by atoms with van der Waals surface area (Å²) in [4.78, 5) is 0. The number of pyridine rings is 1. The number of nitrogens with two attached hydrogens (primary N) is 1. The molecule has 1 heterocycles. The molecule has 1 aromatic heterocycles. The van der Waals surface area contributed by atoms with Gasteiger partial charge in [0.25, 0.3) is 0 Å². The van der Waals surface area contributed by atoms with Crippen LogP contribution in [0.3, 0.4) is 0 Å². The van der Waals surface area contributed by atoms with Crippen LogP contribution >= 0.6 is 15.9 Å². The Morgan fingerprint density at radius 1 is 1.73 bits per heavy atom. The SMILES string of the molecule is Cc1cn(O)c(=NN)cc1Br. The van der Waals surface area contributed by atoms with Crippen molar-refractivity contribution in [3.8, 4) is 0 Å². The van der Waals surface area contributed by atoms with Gasteiger partial charge in [0.2, 0.25) is 0 Å². The zero-order valence-corrected chi connectivity index (χ0v) is 7.54. The van der Waals surface area contributed by atoms with Crippen LogP contribution in [0.1, 0.15) is 5.56 Å². The van der Waals surface area contributed by atoms with Crippen LogP contribution < -0.4 is 11.3 Å². The van der Waals surface area contributed by atoms with Crippen molar-refractivity contribution in [2.24, 2.45) is 10.9 Å². The highest BCUT2D eigenvalue weighted by molar-refractivity contribution is 9.10. The van der Waals surface area contributed by atoms with Gasteiger partial charge in [-0.15, -0.1) is 0 Å². The van der Waals surface area contributed by atoms with Crippen LogP contribution in [0.4, 0.5) is 0 Å². The van der Waals surface area contributed by atoms with E-state index in [1.54, 1.807) is 6.07 Å². The fraction of sp³-hybridized carbons (Fsp3) is 0.167. The summed E-state index contributed by atoms with van der Waals surface area (Å²) in [5, 5.41) is 12.5. The molecule has 0 radical (unpaired) electrons. The van der Waals surface area contributed by atoms with E-state index in [1.807, 2.05) is 6.92 Å². The van der Waals surface area contributed by atoms with E-state index in [2.05, 4.69) is 21.0 Å². The maximum absolute atomic E-state index is 9.14. The van der Waals surface area contributed by atoms with Gasteiger partial charge in [-0.1, -0.05) is 15.9 Å². The molecule has 0 spiro atoms. The molecule has 1 aromatic rings. The fourth-order valence-corrected chi connectivity index (χ4v) is 1.01. The molecule has 0 bridgehead atoms. The molecule has 0 amide bonds. The van der Waals surface area contributed by atoms with Gasteiger partial charge in [-0.05, 0) is 12.5 Å². The van der Waals surface area contributed by atoms with Crippen molar-refractivity contribution in [3.05, 3.63) is 27.8 Å². The third kappa shape index (κ3) is 1.54. The number of aryl methyl sites for hydroxylation is 1. The van der Waals surface area contributed by atoms with Crippen molar-refractivity contribution in [1.82, 2.24) is 4.73 Å². The molecular formula is C6H8BrN3O. The van der Waals surface area contributed by atoms with Crippen molar-refractivity contribution in [2.45, 2.75) is 6.92 Å². The van der Waals surface area contributed by atoms with Crippen LogP contribution in [0, 0.1) is 6.92 Å². The third-order valence-electron chi connectivity index (χ3n) is 1.32. The Balaban J connectivity index is 3.45. The van der Waals surface area contributed by atoms with Gasteiger partial charge in [0, 0.05) is 16.7 Å². The van der Waals surface area contributed by atoms with Crippen LogP contribution in [0.15, 0.2) is 21.8 Å². The molecule has 60 valence electrons. The molecular weight excluding hydrogens is 210 g/mol. The molecule has 0 atom stereocenters. The molecule has 11 heavy (non-hydrogen) atoms. The van der Waals surface area contributed by atoms with E-state index in [4.69, 9.17) is 11.0 Å². The van der Waals surface area contributed by atoms with Gasteiger partial charge in [-0.2, -0.15) is 9.83 Å². The Labute approximate surface area is 72.0 Å². The summed E-state index contributed by atoms with van der Waals surface area (Å²) < 4.78 is 1.74. The first kappa shape index (κ1) is 8.13. The second kappa shape index (κ2) is 2.96. The molecule has 0 aliphatic heterocycles. The Morgan fingerprint density at radius 2 is 2.36 bits per heavy atom. The molecule has 0 saturated carbocycles. The molecule has 0 aliphatic rings. The number of aromatic nitrogens is 1. The zero-order valence-electron chi connectivity index (χ0n) is 5.95. The lowest BCUT2D eigenvalue weighted by atomic mass is 10.3. The normalized spacial score (nSPS) is 12.0. The minimum Gasteiger partial charge on any atom is -0.427 e. The number of nitrogens with zero attached hydrogens (tertiary/aromatic N) is 2. The molecule has 5 heteroatoms. The highest BCUT2D eigenvalue weighted by Gasteiger charge is 1.96. The van der Waals surface area contributed by atoms with Gasteiger partial charge < -0.3 is 11.0 Å². The summed E-state index contributed by atoms with van der Waals surface area (Å²) >= 11 is 3.28. The van der Waals surface area contributed by atoms with E-state index in [-0.39, 0.29) is 0 Å². The molecule has 3 N–H and O–H groups in total. The number of halogens is 1. The molecule has 1 rings (SSSR count). The monoisotopic (exact) mass is 217 g/mol. The van der Waals surface area contributed by atoms with Crippen LogP contribution in [0.2, 0.25) is 0 Å². The van der Waals surface area contributed by atoms with Crippen molar-refractivity contribution in [2.75, 3.05) is 0 Å². The van der Waals surface area contributed by atoms with Crippen LogP contribution in [-0.4, -0.2) is 9.94 Å². The lowest BCUT2D eigenvalue weighted by molar-refractivity contribution is 0.170. The predicted molar refractivity (Wildman–Crippen MR) is 43.8 cm³/mol. The maximum atomic E-state index is 9.14. The summed E-state index contributed by atoms with van der Waals surface area (Å²) in [5.74, 6) is 4.99. The summed E-state index contributed by atoms with van der Waals surface area (Å²) in [6, 6.07) is 1.63. The largest absolute Gasteiger partial charge is 0.427 e. The Kier molecular flexibility index (Phi) is 2.19. The minimum atomic E-state index is 0.308. The Hall–Kier alpha value is -0.970. The number of hydrogen-bond donors (Lipinski definition) is 2. The quantitative estimate of drug-likeness (QED) is 0.380. The Bertz CT molecular complexity index is 331. The lowest BCUT2D eigenvalue weighted by Crippen LogP contribution is -2.20. The van der Waals surface area contributed by atoms with Crippen molar-refractivity contribution in [1.29, 1.82) is 0 Å². The van der Waals surface area contributed by atoms with Gasteiger partial charge in [-0.25, -0.2) is 0 Å². The van der Waals surface area contributed by atoms with Gasteiger partial charge in [-0.3, -0.25) is 0 Å². The first-order valence-corrected chi connectivity index (χ1v) is 3.76. The smallest absolute Gasteiger partial charge is 0.187 e. The number of rotatable bonds is 0. The van der Waals surface area contributed by atoms with E-state index >= 15 is 0 Å². The fourth-order valence-electron chi connectivity index (χ4n) is 0.701. The summed E-state index contributed by atoms with van der Waals surface area (Å²) in [7, 11) is 0. The lowest BCUT2D eigenvalue weighted by Gasteiger charge is -2.00. The van der Waals surface area contributed by atoms with E-state index in [1.165, 1.54) is 6.20 Å². The van der Waals surface area contributed by atoms with E-state index < -0.39 is 0 Å². The van der Waals surface area contributed by atoms with Crippen LogP contribution in [0.5, 0.6) is 0 Å². The van der Waals surface area contributed by atoms with E-state index in [0.717, 1.165) is 14.8 Å². The minimum absolute atomic E-state index is 0.308. The average molecular weight is 218 g/mol. The van der Waals surface area contributed by atoms with Gasteiger partial charge in [0.1, 0.15) is 0 Å². The zero-order chi connectivity index (χ0) is 8.43. The second-order valence-corrected chi connectivity index (χ2v) is 2.99. The first-order chi connectivity index (χ1) is 5.15. The average Bonchev–Trinajstić information content (AvgIpc) is 1.97. The summed E-state index contributed by atoms with van der Waals surface area (Å²) in [6.07, 6.45) is 1.52. The first-order valence-electron chi connectivity index (χ1n) is 2.97. The Morgan fingerprint density at radius 3 is 2.91 bits per heavy atom. The van der Waals surface area contributed by atoms with Crippen molar-refractivity contribution >= 4 is 15.9 Å². The highest BCUT2D eigenvalue weighted by atomic mass is 79.9. The highest BCUT2D eigenvalue weighted by Crippen LogP contribution is 2.10. The van der Waals surface area contributed by atoms with Crippen LogP contribution in [0.25, 0.3) is 0 Å². The summed E-state index contributed by atoms with van der Waals surface area (Å²) in [5.41, 5.74) is 1.22. The van der Waals surface area contributed by atoms with Gasteiger partial charge in [0.15, 0.2) is 5.49 Å². The number of hydrogen-bond acceptors (Lipinski definition) is 3. The molecule has 4 nitrogen and oxygen atoms in total. The topological polar surface area (TPSA) is 63.5 Å². The van der Waals surface area contributed by atoms with Gasteiger partial charge in [0.05, 0.1) is 0 Å². The molecule has 0 unspecified atom stereocenters. The van der Waals surface area contributed by atoms with Crippen molar-refractivity contribution in [3.63, 3.8) is 0 Å². The second-order valence-electron chi connectivity index (χ2n) is 2.14. The van der Waals surface area contributed by atoms with E-state index in [9.17, 15) is 0 Å². The van der Waals surface area contributed by atoms with Gasteiger partial charge >= 0.3 is 0 Å².